The molecule has 0 unspecified atom stereocenters. The normalized spacial score (nSPS) is 10.9. The molecule has 11 heteroatoms. The SMILES string of the molecule is COC(=O)c1nc(-c2cncc3c2ncn3C)c(OC)nc1Nc1cnn(C)c1. The minimum atomic E-state index is -0.644. The number of hydrogen-bond donors (Lipinski definition) is 1. The van der Waals surface area contributed by atoms with Crippen molar-refractivity contribution in [1.29, 1.82) is 0 Å². The van der Waals surface area contributed by atoms with Crippen molar-refractivity contribution in [3.63, 3.8) is 0 Å². The predicted molar refractivity (Wildman–Crippen MR) is 104 cm³/mol. The lowest BCUT2D eigenvalue weighted by Gasteiger charge is -2.13. The summed E-state index contributed by atoms with van der Waals surface area (Å²) >= 11 is 0. The number of nitrogens with one attached hydrogen (secondary N) is 1. The van der Waals surface area contributed by atoms with E-state index in [0.717, 1.165) is 5.52 Å². The molecule has 4 rings (SSSR count). The molecule has 0 atom stereocenters. The number of ether oxygens (including phenoxy) is 2. The minimum Gasteiger partial charge on any atom is -0.479 e. The van der Waals surface area contributed by atoms with Crippen LogP contribution >= 0.6 is 0 Å². The van der Waals surface area contributed by atoms with Gasteiger partial charge in [0.15, 0.2) is 11.5 Å². The molecule has 0 bridgehead atoms. The number of fused-ring (bicyclic) bond motifs is 1. The highest BCUT2D eigenvalue weighted by Crippen LogP contribution is 2.33. The Kier molecular flexibility index (Phi) is 4.55. The zero-order valence-electron chi connectivity index (χ0n) is 16.2. The molecule has 4 aromatic heterocycles. The van der Waals surface area contributed by atoms with Crippen LogP contribution in [-0.2, 0) is 18.8 Å². The number of hydrogen-bond acceptors (Lipinski definition) is 9. The Hall–Kier alpha value is -4.02. The van der Waals surface area contributed by atoms with Crippen LogP contribution in [0.3, 0.4) is 0 Å². The molecule has 0 saturated heterocycles. The molecule has 0 saturated carbocycles. The second-order valence-electron chi connectivity index (χ2n) is 6.21. The second-order valence-corrected chi connectivity index (χ2v) is 6.21. The average molecular weight is 394 g/mol. The lowest BCUT2D eigenvalue weighted by atomic mass is 10.1. The van der Waals surface area contributed by atoms with Crippen LogP contribution in [0.4, 0.5) is 11.5 Å². The Morgan fingerprint density at radius 2 is 1.97 bits per heavy atom. The minimum absolute atomic E-state index is 0.0000808. The third-order valence-electron chi connectivity index (χ3n) is 4.30. The first kappa shape index (κ1) is 18.3. The van der Waals surface area contributed by atoms with Crippen LogP contribution in [0.2, 0.25) is 0 Å². The number of anilines is 2. The molecular weight excluding hydrogens is 376 g/mol. The Morgan fingerprint density at radius 3 is 2.66 bits per heavy atom. The number of carbonyl (C=O) groups excluding carboxylic acids is 1. The molecule has 0 amide bonds. The monoisotopic (exact) mass is 394 g/mol. The molecule has 4 heterocycles. The molecule has 0 aliphatic carbocycles. The topological polar surface area (TPSA) is 122 Å². The molecule has 11 nitrogen and oxygen atoms in total. The molecule has 148 valence electrons. The molecule has 1 N–H and O–H groups in total. The van der Waals surface area contributed by atoms with Crippen LogP contribution in [0, 0.1) is 0 Å². The Labute approximate surface area is 165 Å². The van der Waals surface area contributed by atoms with Gasteiger partial charge in [0.2, 0.25) is 5.88 Å². The van der Waals surface area contributed by atoms with E-state index in [4.69, 9.17) is 9.47 Å². The Bertz CT molecular complexity index is 1210. The van der Waals surface area contributed by atoms with E-state index in [2.05, 4.69) is 30.4 Å². The highest BCUT2D eigenvalue weighted by atomic mass is 16.5. The number of carbonyl (C=O) groups is 1. The van der Waals surface area contributed by atoms with Crippen molar-refractivity contribution in [2.75, 3.05) is 19.5 Å². The van der Waals surface area contributed by atoms with Crippen LogP contribution < -0.4 is 10.1 Å². The van der Waals surface area contributed by atoms with Gasteiger partial charge in [-0.2, -0.15) is 10.1 Å². The quantitative estimate of drug-likeness (QED) is 0.504. The van der Waals surface area contributed by atoms with Crippen molar-refractivity contribution in [2.24, 2.45) is 14.1 Å². The van der Waals surface area contributed by atoms with E-state index < -0.39 is 5.97 Å². The summed E-state index contributed by atoms with van der Waals surface area (Å²) in [6, 6.07) is 0. The maximum atomic E-state index is 12.4. The molecule has 0 aromatic carbocycles. The van der Waals surface area contributed by atoms with Crippen molar-refractivity contribution in [1.82, 2.24) is 34.3 Å². The van der Waals surface area contributed by atoms with Crippen LogP contribution in [0.5, 0.6) is 5.88 Å². The summed E-state index contributed by atoms with van der Waals surface area (Å²) in [5.74, 6) is -0.246. The molecule has 29 heavy (non-hydrogen) atoms. The zero-order valence-corrected chi connectivity index (χ0v) is 16.2. The molecular formula is C18H18N8O3. The van der Waals surface area contributed by atoms with Gasteiger partial charge in [-0.05, 0) is 0 Å². The van der Waals surface area contributed by atoms with Gasteiger partial charge >= 0.3 is 5.97 Å². The number of pyridine rings is 1. The maximum absolute atomic E-state index is 12.4. The van der Waals surface area contributed by atoms with E-state index >= 15 is 0 Å². The van der Waals surface area contributed by atoms with Crippen LogP contribution in [0.25, 0.3) is 22.3 Å². The third kappa shape index (κ3) is 3.22. The summed E-state index contributed by atoms with van der Waals surface area (Å²) in [4.78, 5) is 30.1. The molecule has 0 radical (unpaired) electrons. The van der Waals surface area contributed by atoms with Gasteiger partial charge in [-0.1, -0.05) is 0 Å². The van der Waals surface area contributed by atoms with Crippen LogP contribution in [0.15, 0.2) is 31.1 Å². The highest BCUT2D eigenvalue weighted by Gasteiger charge is 2.24. The van der Waals surface area contributed by atoms with Gasteiger partial charge in [-0.15, -0.1) is 0 Å². The fraction of sp³-hybridized carbons (Fsp3) is 0.222. The molecule has 4 aromatic rings. The van der Waals surface area contributed by atoms with Gasteiger partial charge in [-0.3, -0.25) is 9.67 Å². The van der Waals surface area contributed by atoms with Gasteiger partial charge in [0, 0.05) is 26.5 Å². The smallest absolute Gasteiger partial charge is 0.360 e. The van der Waals surface area contributed by atoms with E-state index in [1.165, 1.54) is 14.2 Å². The molecule has 0 aliphatic heterocycles. The Morgan fingerprint density at radius 1 is 1.14 bits per heavy atom. The number of rotatable bonds is 5. The Balaban J connectivity index is 1.91. The summed E-state index contributed by atoms with van der Waals surface area (Å²) in [7, 11) is 6.40. The first-order valence-electron chi connectivity index (χ1n) is 8.57. The number of methoxy groups -OCH3 is 2. The standard InChI is InChI=1S/C18H18N8O3/c1-25-9-20-13-11(6-19-7-12(13)25)14-17(28-3)24-16(15(23-14)18(27)29-4)22-10-5-21-26(2)8-10/h5-9H,1-4H3,(H,22,24). The number of nitrogens with zero attached hydrogens (tertiary/aromatic N) is 7. The van der Waals surface area contributed by atoms with E-state index in [9.17, 15) is 4.79 Å². The summed E-state index contributed by atoms with van der Waals surface area (Å²) in [5.41, 5.74) is 3.03. The summed E-state index contributed by atoms with van der Waals surface area (Å²) < 4.78 is 13.8. The lowest BCUT2D eigenvalue weighted by Crippen LogP contribution is -2.12. The molecule has 0 fully saturated rings. The molecule has 0 spiro atoms. The summed E-state index contributed by atoms with van der Waals surface area (Å²) in [5, 5.41) is 7.12. The van der Waals surface area contributed by atoms with Crippen LogP contribution in [0.1, 0.15) is 10.5 Å². The van der Waals surface area contributed by atoms with E-state index in [0.29, 0.717) is 22.5 Å². The van der Waals surface area contributed by atoms with Crippen LogP contribution in [-0.4, -0.2) is 54.5 Å². The summed E-state index contributed by atoms with van der Waals surface area (Å²) in [6.07, 6.45) is 8.32. The first-order valence-corrected chi connectivity index (χ1v) is 8.57. The van der Waals surface area contributed by atoms with E-state index in [1.807, 2.05) is 11.6 Å². The number of esters is 1. The highest BCUT2D eigenvalue weighted by molar-refractivity contribution is 5.96. The lowest BCUT2D eigenvalue weighted by molar-refractivity contribution is 0.0595. The average Bonchev–Trinajstić information content (AvgIpc) is 3.32. The van der Waals surface area contributed by atoms with E-state index in [1.54, 1.807) is 42.8 Å². The maximum Gasteiger partial charge on any atom is 0.360 e. The van der Waals surface area contributed by atoms with Crippen molar-refractivity contribution >= 4 is 28.5 Å². The van der Waals surface area contributed by atoms with Crippen molar-refractivity contribution in [3.8, 4) is 17.1 Å². The second kappa shape index (κ2) is 7.19. The van der Waals surface area contributed by atoms with Gasteiger partial charge < -0.3 is 19.4 Å². The number of aromatic nitrogens is 7. The summed E-state index contributed by atoms with van der Waals surface area (Å²) in [6.45, 7) is 0. The first-order chi connectivity index (χ1) is 14.0. The van der Waals surface area contributed by atoms with Crippen molar-refractivity contribution < 1.29 is 14.3 Å². The van der Waals surface area contributed by atoms with Gasteiger partial charge in [0.05, 0.1) is 49.7 Å². The predicted octanol–water partition coefficient (Wildman–Crippen LogP) is 1.70. The fourth-order valence-corrected chi connectivity index (χ4v) is 2.90. The number of aryl methyl sites for hydroxylation is 2. The van der Waals surface area contributed by atoms with Gasteiger partial charge in [0.25, 0.3) is 0 Å². The van der Waals surface area contributed by atoms with Crippen molar-refractivity contribution in [2.45, 2.75) is 0 Å². The van der Waals surface area contributed by atoms with Crippen molar-refractivity contribution in [3.05, 3.63) is 36.8 Å². The van der Waals surface area contributed by atoms with E-state index in [-0.39, 0.29) is 17.4 Å². The molecule has 0 aliphatic rings. The number of imidazole rings is 1. The van der Waals surface area contributed by atoms with Gasteiger partial charge in [-0.25, -0.2) is 14.8 Å². The largest absolute Gasteiger partial charge is 0.479 e. The zero-order chi connectivity index (χ0) is 20.5. The third-order valence-corrected chi connectivity index (χ3v) is 4.30. The fourth-order valence-electron chi connectivity index (χ4n) is 2.90. The van der Waals surface area contributed by atoms with Gasteiger partial charge in [0.1, 0.15) is 11.2 Å².